The molecule has 1 aliphatic carbocycles. The van der Waals surface area contributed by atoms with Crippen LogP contribution in [0.5, 0.6) is 0 Å². The van der Waals surface area contributed by atoms with Crippen LogP contribution in [-0.2, 0) is 4.79 Å². The first-order chi connectivity index (χ1) is 9.89. The van der Waals surface area contributed by atoms with E-state index in [0.717, 1.165) is 44.2 Å². The fraction of sp³-hybridized carbons (Fsp3) is 0.500. The van der Waals surface area contributed by atoms with Gasteiger partial charge in [-0.2, -0.15) is 4.39 Å². The van der Waals surface area contributed by atoms with Crippen molar-refractivity contribution in [3.8, 4) is 0 Å². The number of benzene rings is 1. The second kappa shape index (κ2) is 6.17. The fourth-order valence-corrected chi connectivity index (χ4v) is 2.69. The summed E-state index contributed by atoms with van der Waals surface area (Å²) < 4.78 is 13.2. The van der Waals surface area contributed by atoms with Crippen LogP contribution in [0.1, 0.15) is 38.5 Å². The number of carbonyl (C=O) groups excluding carboxylic acids is 1. The van der Waals surface area contributed by atoms with Gasteiger partial charge in [-0.25, -0.2) is 0 Å². The molecule has 0 bridgehead atoms. The Morgan fingerprint density at radius 2 is 2.05 bits per heavy atom. The summed E-state index contributed by atoms with van der Waals surface area (Å²) in [6.07, 6.45) is 4.90. The number of anilines is 1. The third-order valence-corrected chi connectivity index (χ3v) is 3.79. The third-order valence-electron chi connectivity index (χ3n) is 3.79. The zero-order valence-electron chi connectivity index (χ0n) is 11.6. The Labute approximate surface area is 121 Å². The molecule has 0 heterocycles. The summed E-state index contributed by atoms with van der Waals surface area (Å²) in [5.74, 6) is -1.24. The first kappa shape index (κ1) is 15.4. The number of hydrogen-bond donors (Lipinski definition) is 2. The highest BCUT2D eigenvalue weighted by molar-refractivity contribution is 5.91. The zero-order chi connectivity index (χ0) is 15.5. The summed E-state index contributed by atoms with van der Waals surface area (Å²) in [5.41, 5.74) is 5.22. The number of carbonyl (C=O) groups is 1. The van der Waals surface area contributed by atoms with Crippen molar-refractivity contribution in [1.29, 1.82) is 0 Å². The van der Waals surface area contributed by atoms with Crippen molar-refractivity contribution in [2.45, 2.75) is 44.1 Å². The molecule has 0 aliphatic heterocycles. The van der Waals surface area contributed by atoms with Gasteiger partial charge in [0.25, 0.3) is 0 Å². The van der Waals surface area contributed by atoms with Crippen LogP contribution in [0, 0.1) is 15.9 Å². The van der Waals surface area contributed by atoms with Gasteiger partial charge in [-0.1, -0.05) is 19.3 Å². The standard InChI is InChI=1S/C14H18FN3O3/c15-11-5-4-10(8-12(11)18(20)21)17-13(19)9-14(16)6-2-1-3-7-14/h4-5,8H,1-3,6-7,9,16H2,(H,17,19). The van der Waals surface area contributed by atoms with E-state index in [9.17, 15) is 19.3 Å². The molecular weight excluding hydrogens is 277 g/mol. The Bertz CT molecular complexity index is 556. The minimum Gasteiger partial charge on any atom is -0.326 e. The van der Waals surface area contributed by atoms with Gasteiger partial charge in [0.2, 0.25) is 11.7 Å². The van der Waals surface area contributed by atoms with E-state index in [1.54, 1.807) is 0 Å². The van der Waals surface area contributed by atoms with Crippen LogP contribution in [0.3, 0.4) is 0 Å². The van der Waals surface area contributed by atoms with Gasteiger partial charge in [-0.3, -0.25) is 14.9 Å². The molecule has 114 valence electrons. The second-order valence-electron chi connectivity index (χ2n) is 5.57. The van der Waals surface area contributed by atoms with Crippen molar-refractivity contribution < 1.29 is 14.1 Å². The van der Waals surface area contributed by atoms with E-state index in [-0.39, 0.29) is 18.0 Å². The number of halogens is 1. The average Bonchev–Trinajstić information content (AvgIpc) is 2.40. The highest BCUT2D eigenvalue weighted by Crippen LogP contribution is 2.29. The van der Waals surface area contributed by atoms with Crippen molar-refractivity contribution in [3.05, 3.63) is 34.1 Å². The lowest BCUT2D eigenvalue weighted by Gasteiger charge is -2.32. The number of amides is 1. The van der Waals surface area contributed by atoms with Crippen LogP contribution in [-0.4, -0.2) is 16.4 Å². The van der Waals surface area contributed by atoms with E-state index in [1.165, 1.54) is 6.07 Å². The molecule has 0 atom stereocenters. The minimum atomic E-state index is -0.930. The zero-order valence-corrected chi connectivity index (χ0v) is 11.6. The molecule has 0 aromatic heterocycles. The predicted molar refractivity (Wildman–Crippen MR) is 76.3 cm³/mol. The molecular formula is C14H18FN3O3. The molecule has 1 saturated carbocycles. The quantitative estimate of drug-likeness (QED) is 0.659. The maximum absolute atomic E-state index is 13.2. The van der Waals surface area contributed by atoms with Crippen molar-refractivity contribution in [3.63, 3.8) is 0 Å². The molecule has 1 amide bonds. The van der Waals surface area contributed by atoms with E-state index < -0.39 is 22.0 Å². The summed E-state index contributed by atoms with van der Waals surface area (Å²) in [5, 5.41) is 13.2. The number of nitro groups is 1. The lowest BCUT2D eigenvalue weighted by atomic mass is 9.80. The van der Waals surface area contributed by atoms with Gasteiger partial charge < -0.3 is 11.1 Å². The van der Waals surface area contributed by atoms with Crippen molar-refractivity contribution in [2.75, 3.05) is 5.32 Å². The summed E-state index contributed by atoms with van der Waals surface area (Å²) in [7, 11) is 0. The van der Waals surface area contributed by atoms with Gasteiger partial charge in [0.15, 0.2) is 0 Å². The van der Waals surface area contributed by atoms with Gasteiger partial charge >= 0.3 is 5.69 Å². The monoisotopic (exact) mass is 295 g/mol. The molecule has 0 radical (unpaired) electrons. The predicted octanol–water partition coefficient (Wildman–Crippen LogP) is 2.72. The second-order valence-corrected chi connectivity index (χ2v) is 5.57. The molecule has 1 fully saturated rings. The summed E-state index contributed by atoms with van der Waals surface area (Å²) >= 11 is 0. The lowest BCUT2D eigenvalue weighted by Crippen LogP contribution is -2.44. The molecule has 0 unspecified atom stereocenters. The van der Waals surface area contributed by atoms with Gasteiger partial charge in [0.1, 0.15) is 0 Å². The molecule has 0 spiro atoms. The van der Waals surface area contributed by atoms with E-state index in [2.05, 4.69) is 5.32 Å². The van der Waals surface area contributed by atoms with Crippen LogP contribution >= 0.6 is 0 Å². The van der Waals surface area contributed by atoms with Crippen molar-refractivity contribution >= 4 is 17.3 Å². The molecule has 3 N–H and O–H groups in total. The Balaban J connectivity index is 2.02. The molecule has 6 nitrogen and oxygen atoms in total. The number of hydrogen-bond acceptors (Lipinski definition) is 4. The van der Waals surface area contributed by atoms with Crippen LogP contribution < -0.4 is 11.1 Å². The Morgan fingerprint density at radius 3 is 2.67 bits per heavy atom. The van der Waals surface area contributed by atoms with Crippen LogP contribution in [0.2, 0.25) is 0 Å². The van der Waals surface area contributed by atoms with E-state index in [1.807, 2.05) is 0 Å². The first-order valence-corrected chi connectivity index (χ1v) is 6.92. The molecule has 21 heavy (non-hydrogen) atoms. The number of nitro benzene ring substituents is 1. The first-order valence-electron chi connectivity index (χ1n) is 6.92. The Hall–Kier alpha value is -2.02. The fourth-order valence-electron chi connectivity index (χ4n) is 2.69. The molecule has 1 aromatic carbocycles. The Morgan fingerprint density at radius 1 is 1.38 bits per heavy atom. The summed E-state index contributed by atoms with van der Waals surface area (Å²) in [6, 6.07) is 3.27. The maximum atomic E-state index is 13.2. The van der Waals surface area contributed by atoms with Crippen LogP contribution in [0.4, 0.5) is 15.8 Å². The summed E-state index contributed by atoms with van der Waals surface area (Å²) in [4.78, 5) is 21.8. The number of rotatable bonds is 4. The normalized spacial score (nSPS) is 17.2. The van der Waals surface area contributed by atoms with E-state index >= 15 is 0 Å². The Kier molecular flexibility index (Phi) is 4.52. The minimum absolute atomic E-state index is 0.165. The van der Waals surface area contributed by atoms with E-state index in [0.29, 0.717) is 0 Å². The van der Waals surface area contributed by atoms with Gasteiger partial charge in [-0.05, 0) is 25.0 Å². The maximum Gasteiger partial charge on any atom is 0.306 e. The molecule has 0 saturated heterocycles. The molecule has 1 aliphatic rings. The highest BCUT2D eigenvalue weighted by atomic mass is 19.1. The molecule has 1 aromatic rings. The van der Waals surface area contributed by atoms with Crippen LogP contribution in [0.15, 0.2) is 18.2 Å². The highest BCUT2D eigenvalue weighted by Gasteiger charge is 2.30. The average molecular weight is 295 g/mol. The number of nitrogens with one attached hydrogen (secondary N) is 1. The lowest BCUT2D eigenvalue weighted by molar-refractivity contribution is -0.387. The SMILES string of the molecule is NC1(CC(=O)Nc2ccc(F)c([N+](=O)[O-])c2)CCCCC1. The van der Waals surface area contributed by atoms with Gasteiger partial charge in [-0.15, -0.1) is 0 Å². The van der Waals surface area contributed by atoms with Crippen LogP contribution in [0.25, 0.3) is 0 Å². The topological polar surface area (TPSA) is 98.3 Å². The van der Waals surface area contributed by atoms with Gasteiger partial charge in [0.05, 0.1) is 4.92 Å². The van der Waals surface area contributed by atoms with Crippen molar-refractivity contribution in [1.82, 2.24) is 0 Å². The third kappa shape index (κ3) is 3.98. The number of nitrogens with zero attached hydrogens (tertiary/aromatic N) is 1. The molecule has 2 rings (SSSR count). The summed E-state index contributed by atoms with van der Waals surface area (Å²) in [6.45, 7) is 0. The van der Waals surface area contributed by atoms with E-state index in [4.69, 9.17) is 5.73 Å². The number of nitrogens with two attached hydrogens (primary N) is 1. The van der Waals surface area contributed by atoms with Gasteiger partial charge in [0, 0.05) is 23.7 Å². The smallest absolute Gasteiger partial charge is 0.306 e. The molecule has 7 heteroatoms. The van der Waals surface area contributed by atoms with Crippen molar-refractivity contribution in [2.24, 2.45) is 5.73 Å². The largest absolute Gasteiger partial charge is 0.326 e.